The summed E-state index contributed by atoms with van der Waals surface area (Å²) >= 11 is 0. The van der Waals surface area contributed by atoms with Crippen molar-refractivity contribution >= 4 is 17.3 Å². The summed E-state index contributed by atoms with van der Waals surface area (Å²) in [6.07, 6.45) is 5.05. The average molecular weight is 309 g/mol. The van der Waals surface area contributed by atoms with Gasteiger partial charge in [0.15, 0.2) is 0 Å². The molecule has 1 aromatic heterocycles. The second-order valence-electron chi connectivity index (χ2n) is 6.02. The number of hydrogen-bond acceptors (Lipinski definition) is 3. The minimum atomic E-state index is -0.0186. The lowest BCUT2D eigenvalue weighted by Crippen LogP contribution is -2.29. The van der Waals surface area contributed by atoms with Gasteiger partial charge in [0.1, 0.15) is 0 Å². The zero-order chi connectivity index (χ0) is 16.2. The van der Waals surface area contributed by atoms with Gasteiger partial charge >= 0.3 is 0 Å². The molecule has 0 atom stereocenters. The molecule has 2 aromatic rings. The summed E-state index contributed by atoms with van der Waals surface area (Å²) in [5.41, 5.74) is 5.76. The van der Waals surface area contributed by atoms with Crippen LogP contribution < -0.4 is 10.2 Å². The zero-order valence-corrected chi connectivity index (χ0v) is 13.8. The highest BCUT2D eigenvalue weighted by Gasteiger charge is 2.20. The van der Waals surface area contributed by atoms with Crippen LogP contribution in [0.3, 0.4) is 0 Å². The van der Waals surface area contributed by atoms with Crippen molar-refractivity contribution in [2.24, 2.45) is 0 Å². The van der Waals surface area contributed by atoms with Gasteiger partial charge in [-0.2, -0.15) is 0 Å². The Morgan fingerprint density at radius 3 is 2.87 bits per heavy atom. The van der Waals surface area contributed by atoms with E-state index >= 15 is 0 Å². The topological polar surface area (TPSA) is 45.2 Å². The Labute approximate surface area is 137 Å². The number of carbonyl (C=O) groups is 1. The quantitative estimate of drug-likeness (QED) is 0.939. The summed E-state index contributed by atoms with van der Waals surface area (Å²) in [4.78, 5) is 18.3. The van der Waals surface area contributed by atoms with E-state index in [1.54, 1.807) is 6.92 Å². The molecule has 0 bridgehead atoms. The van der Waals surface area contributed by atoms with Crippen LogP contribution in [-0.4, -0.2) is 17.4 Å². The highest BCUT2D eigenvalue weighted by molar-refractivity contribution is 5.90. The maximum Gasteiger partial charge on any atom is 0.221 e. The predicted octanol–water partition coefficient (Wildman–Crippen LogP) is 3.56. The van der Waals surface area contributed by atoms with Gasteiger partial charge in [-0.1, -0.05) is 19.1 Å². The number of benzene rings is 1. The molecule has 1 aromatic carbocycles. The molecule has 1 aliphatic heterocycles. The van der Waals surface area contributed by atoms with Crippen molar-refractivity contribution < 1.29 is 4.79 Å². The molecule has 23 heavy (non-hydrogen) atoms. The van der Waals surface area contributed by atoms with Crippen molar-refractivity contribution in [1.82, 2.24) is 4.98 Å². The number of aromatic nitrogens is 1. The minimum Gasteiger partial charge on any atom is -0.367 e. The van der Waals surface area contributed by atoms with Crippen LogP contribution >= 0.6 is 0 Å². The monoisotopic (exact) mass is 309 g/mol. The van der Waals surface area contributed by atoms with Crippen molar-refractivity contribution in [2.75, 3.05) is 16.8 Å². The van der Waals surface area contributed by atoms with E-state index in [9.17, 15) is 4.79 Å². The molecule has 1 N–H and O–H groups in total. The van der Waals surface area contributed by atoms with Gasteiger partial charge < -0.3 is 10.2 Å². The fraction of sp³-hybridized carbons (Fsp3) is 0.368. The summed E-state index contributed by atoms with van der Waals surface area (Å²) in [5.74, 6) is -0.0186. The number of hydrogen-bond donors (Lipinski definition) is 1. The van der Waals surface area contributed by atoms with Crippen LogP contribution in [-0.2, 0) is 24.2 Å². The largest absolute Gasteiger partial charge is 0.367 e. The van der Waals surface area contributed by atoms with Crippen molar-refractivity contribution in [3.63, 3.8) is 0 Å². The molecule has 1 aliphatic rings. The first-order valence-electron chi connectivity index (χ1n) is 8.25. The Kier molecular flexibility index (Phi) is 4.60. The molecule has 4 heteroatoms. The second kappa shape index (κ2) is 6.82. The van der Waals surface area contributed by atoms with E-state index in [2.05, 4.69) is 40.3 Å². The lowest BCUT2D eigenvalue weighted by Gasteiger charge is -2.32. The van der Waals surface area contributed by atoms with Gasteiger partial charge in [0.05, 0.1) is 0 Å². The highest BCUT2D eigenvalue weighted by atomic mass is 16.1. The standard InChI is InChI=1S/C19H23N3O/c1-3-16-10-9-15(12-20-16)13-22-11-5-6-17-18(21-14(2)23)7-4-8-19(17)22/h4,7-10,12H,3,5-6,11,13H2,1-2H3,(H,21,23). The van der Waals surface area contributed by atoms with Crippen LogP contribution in [0.4, 0.5) is 11.4 Å². The van der Waals surface area contributed by atoms with Gasteiger partial charge in [-0.05, 0) is 48.6 Å². The van der Waals surface area contributed by atoms with E-state index in [1.165, 1.54) is 16.8 Å². The van der Waals surface area contributed by atoms with Crippen LogP contribution in [0, 0.1) is 0 Å². The number of rotatable bonds is 4. The predicted molar refractivity (Wildman–Crippen MR) is 93.7 cm³/mol. The molecule has 0 aliphatic carbocycles. The molecule has 4 nitrogen and oxygen atoms in total. The highest BCUT2D eigenvalue weighted by Crippen LogP contribution is 2.33. The van der Waals surface area contributed by atoms with Crippen molar-refractivity contribution in [3.05, 3.63) is 53.3 Å². The van der Waals surface area contributed by atoms with E-state index in [0.717, 1.165) is 43.7 Å². The lowest BCUT2D eigenvalue weighted by atomic mass is 9.99. The number of nitrogens with one attached hydrogen (secondary N) is 1. The molecular formula is C19H23N3O. The van der Waals surface area contributed by atoms with Crippen molar-refractivity contribution in [1.29, 1.82) is 0 Å². The number of aryl methyl sites for hydroxylation is 1. The minimum absolute atomic E-state index is 0.0186. The first kappa shape index (κ1) is 15.5. The van der Waals surface area contributed by atoms with Crippen molar-refractivity contribution in [3.8, 4) is 0 Å². The molecule has 3 rings (SSSR count). The van der Waals surface area contributed by atoms with Gasteiger partial charge in [-0.15, -0.1) is 0 Å². The zero-order valence-electron chi connectivity index (χ0n) is 13.8. The molecule has 0 spiro atoms. The molecule has 0 radical (unpaired) electrons. The normalized spacial score (nSPS) is 13.6. The lowest BCUT2D eigenvalue weighted by molar-refractivity contribution is -0.114. The summed E-state index contributed by atoms with van der Waals surface area (Å²) in [7, 11) is 0. The number of fused-ring (bicyclic) bond motifs is 1. The first-order valence-corrected chi connectivity index (χ1v) is 8.25. The van der Waals surface area contributed by atoms with Gasteiger partial charge in [0, 0.05) is 43.3 Å². The molecule has 0 saturated carbocycles. The van der Waals surface area contributed by atoms with Gasteiger partial charge in [0.25, 0.3) is 0 Å². The van der Waals surface area contributed by atoms with Crippen LogP contribution in [0.1, 0.15) is 37.1 Å². The molecule has 120 valence electrons. The van der Waals surface area contributed by atoms with Crippen LogP contribution in [0.2, 0.25) is 0 Å². The Morgan fingerprint density at radius 2 is 2.17 bits per heavy atom. The Hall–Kier alpha value is -2.36. The Bertz CT molecular complexity index is 694. The summed E-state index contributed by atoms with van der Waals surface area (Å²) in [6.45, 7) is 5.56. The fourth-order valence-electron chi connectivity index (χ4n) is 3.15. The van der Waals surface area contributed by atoms with E-state index in [1.807, 2.05) is 18.3 Å². The van der Waals surface area contributed by atoms with Gasteiger partial charge in [-0.25, -0.2) is 0 Å². The third-order valence-corrected chi connectivity index (χ3v) is 4.28. The van der Waals surface area contributed by atoms with Crippen LogP contribution in [0.15, 0.2) is 36.5 Å². The number of pyridine rings is 1. The second-order valence-corrected chi connectivity index (χ2v) is 6.02. The van der Waals surface area contributed by atoms with Crippen LogP contribution in [0.25, 0.3) is 0 Å². The summed E-state index contributed by atoms with van der Waals surface area (Å²) < 4.78 is 0. The van der Waals surface area contributed by atoms with E-state index in [0.29, 0.717) is 0 Å². The number of carbonyl (C=O) groups excluding carboxylic acids is 1. The molecule has 0 saturated heterocycles. The van der Waals surface area contributed by atoms with Gasteiger partial charge in [-0.3, -0.25) is 9.78 Å². The van der Waals surface area contributed by atoms with E-state index < -0.39 is 0 Å². The summed E-state index contributed by atoms with van der Waals surface area (Å²) in [5, 5.41) is 2.95. The molecule has 2 heterocycles. The van der Waals surface area contributed by atoms with E-state index in [4.69, 9.17) is 0 Å². The van der Waals surface area contributed by atoms with Crippen molar-refractivity contribution in [2.45, 2.75) is 39.7 Å². The molecule has 1 amide bonds. The smallest absolute Gasteiger partial charge is 0.221 e. The Morgan fingerprint density at radius 1 is 1.30 bits per heavy atom. The number of amides is 1. The molecular weight excluding hydrogens is 286 g/mol. The number of nitrogens with zero attached hydrogens (tertiary/aromatic N) is 2. The number of anilines is 2. The van der Waals surface area contributed by atoms with Crippen LogP contribution in [0.5, 0.6) is 0 Å². The Balaban J connectivity index is 1.84. The fourth-order valence-corrected chi connectivity index (χ4v) is 3.15. The molecule has 0 unspecified atom stereocenters. The first-order chi connectivity index (χ1) is 11.2. The summed E-state index contributed by atoms with van der Waals surface area (Å²) in [6, 6.07) is 10.4. The third kappa shape index (κ3) is 3.52. The maximum atomic E-state index is 11.4. The third-order valence-electron chi connectivity index (χ3n) is 4.28. The molecule has 0 fully saturated rings. The SMILES string of the molecule is CCc1ccc(CN2CCCc3c(NC(C)=O)cccc32)cn1. The van der Waals surface area contributed by atoms with Gasteiger partial charge in [0.2, 0.25) is 5.91 Å². The van der Waals surface area contributed by atoms with E-state index in [-0.39, 0.29) is 5.91 Å². The maximum absolute atomic E-state index is 11.4. The average Bonchev–Trinajstić information content (AvgIpc) is 2.56.